The molecule has 3 N–H and O–H groups in total. The summed E-state index contributed by atoms with van der Waals surface area (Å²) in [7, 11) is 0. The number of likely N-dealkylation sites (tertiary alicyclic amines) is 1. The molecule has 2 heterocycles. The minimum Gasteiger partial charge on any atom is -0.361 e. The maximum absolute atomic E-state index is 5.94. The molecule has 96 valence electrons. The Morgan fingerprint density at radius 2 is 2.11 bits per heavy atom. The number of nitrogens with two attached hydrogens (primary N) is 1. The Balaban J connectivity index is 1.80. The molecule has 1 aromatic heterocycles. The normalized spacial score (nSPS) is 18.6. The zero-order chi connectivity index (χ0) is 12.5. The third kappa shape index (κ3) is 2.46. The molecule has 1 aliphatic heterocycles. The molecule has 0 amide bonds. The van der Waals surface area contributed by atoms with Gasteiger partial charge in [-0.3, -0.25) is 4.90 Å². The molecule has 0 saturated carbocycles. The Bertz CT molecular complexity index is 541. The van der Waals surface area contributed by atoms with Gasteiger partial charge in [0.2, 0.25) is 0 Å². The second-order valence-corrected chi connectivity index (χ2v) is 6.03. The molecule has 2 aromatic rings. The van der Waals surface area contributed by atoms with Gasteiger partial charge in [0.15, 0.2) is 0 Å². The van der Waals surface area contributed by atoms with E-state index in [2.05, 4.69) is 50.2 Å². The summed E-state index contributed by atoms with van der Waals surface area (Å²) in [6.07, 6.45) is 4.36. The number of nitrogens with zero attached hydrogens (tertiary/aromatic N) is 1. The van der Waals surface area contributed by atoms with Gasteiger partial charge in [-0.2, -0.15) is 0 Å². The smallest absolute Gasteiger partial charge is 0.0458 e. The lowest BCUT2D eigenvalue weighted by Gasteiger charge is -2.29. The molecule has 0 bridgehead atoms. The van der Waals surface area contributed by atoms with Crippen molar-refractivity contribution in [3.8, 4) is 0 Å². The molecular formula is C14H18BrN3. The Hall–Kier alpha value is -0.840. The van der Waals surface area contributed by atoms with E-state index in [9.17, 15) is 0 Å². The Morgan fingerprint density at radius 3 is 2.89 bits per heavy atom. The number of benzene rings is 1. The lowest BCUT2D eigenvalue weighted by molar-refractivity contribution is 0.206. The first-order chi connectivity index (χ1) is 8.72. The summed E-state index contributed by atoms with van der Waals surface area (Å²) in [4.78, 5) is 5.83. The summed E-state index contributed by atoms with van der Waals surface area (Å²) in [5, 5.41) is 1.32. The van der Waals surface area contributed by atoms with Gasteiger partial charge in [-0.25, -0.2) is 0 Å². The van der Waals surface area contributed by atoms with Crippen molar-refractivity contribution < 1.29 is 0 Å². The van der Waals surface area contributed by atoms with Crippen LogP contribution in [0.2, 0.25) is 0 Å². The summed E-state index contributed by atoms with van der Waals surface area (Å²) in [6.45, 7) is 3.24. The standard InChI is InChI=1S/C14H18BrN3/c15-11-1-2-14-13(7-11)10(8-17-14)9-18-5-3-12(16)4-6-18/h1-2,7-8,12,17H,3-6,9,16H2. The highest BCUT2D eigenvalue weighted by molar-refractivity contribution is 9.10. The molecule has 0 aliphatic carbocycles. The van der Waals surface area contributed by atoms with Gasteiger partial charge in [-0.15, -0.1) is 0 Å². The molecule has 0 radical (unpaired) electrons. The number of fused-ring (bicyclic) bond motifs is 1. The van der Waals surface area contributed by atoms with Crippen LogP contribution in [0.4, 0.5) is 0 Å². The molecule has 18 heavy (non-hydrogen) atoms. The first-order valence-corrected chi connectivity index (χ1v) is 7.25. The third-order valence-electron chi connectivity index (χ3n) is 3.76. The molecule has 1 aliphatic rings. The molecule has 3 rings (SSSR count). The monoisotopic (exact) mass is 307 g/mol. The second kappa shape index (κ2) is 5.03. The molecule has 0 spiro atoms. The van der Waals surface area contributed by atoms with E-state index in [1.807, 2.05) is 0 Å². The first-order valence-electron chi connectivity index (χ1n) is 6.46. The van der Waals surface area contributed by atoms with E-state index in [1.54, 1.807) is 0 Å². The minimum absolute atomic E-state index is 0.401. The van der Waals surface area contributed by atoms with E-state index in [4.69, 9.17) is 5.73 Å². The first kappa shape index (κ1) is 12.2. The van der Waals surface area contributed by atoms with Gasteiger partial charge in [-0.1, -0.05) is 15.9 Å². The second-order valence-electron chi connectivity index (χ2n) is 5.12. The molecule has 0 unspecified atom stereocenters. The zero-order valence-corrected chi connectivity index (χ0v) is 11.9. The van der Waals surface area contributed by atoms with Crippen molar-refractivity contribution in [2.75, 3.05) is 13.1 Å². The van der Waals surface area contributed by atoms with Gasteiger partial charge in [0.05, 0.1) is 0 Å². The number of nitrogens with one attached hydrogen (secondary N) is 1. The lowest BCUT2D eigenvalue weighted by atomic mass is 10.1. The van der Waals surface area contributed by atoms with Crippen LogP contribution in [0.5, 0.6) is 0 Å². The van der Waals surface area contributed by atoms with Crippen LogP contribution in [0, 0.1) is 0 Å². The number of aromatic amines is 1. The fraction of sp³-hybridized carbons (Fsp3) is 0.429. The quantitative estimate of drug-likeness (QED) is 0.896. The van der Waals surface area contributed by atoms with Crippen LogP contribution in [0.25, 0.3) is 10.9 Å². The van der Waals surface area contributed by atoms with Crippen molar-refractivity contribution in [3.63, 3.8) is 0 Å². The Labute approximate surface area is 115 Å². The van der Waals surface area contributed by atoms with Gasteiger partial charge in [0, 0.05) is 34.2 Å². The molecule has 0 atom stereocenters. The number of aromatic nitrogens is 1. The van der Waals surface area contributed by atoms with E-state index in [-0.39, 0.29) is 0 Å². The highest BCUT2D eigenvalue weighted by Gasteiger charge is 2.17. The number of halogens is 1. The highest BCUT2D eigenvalue weighted by Crippen LogP contribution is 2.24. The average Bonchev–Trinajstić information content (AvgIpc) is 2.75. The van der Waals surface area contributed by atoms with Gasteiger partial charge in [0.1, 0.15) is 0 Å². The van der Waals surface area contributed by atoms with Crippen molar-refractivity contribution in [3.05, 3.63) is 34.4 Å². The zero-order valence-electron chi connectivity index (χ0n) is 10.3. The van der Waals surface area contributed by atoms with Gasteiger partial charge in [0.25, 0.3) is 0 Å². The van der Waals surface area contributed by atoms with Crippen LogP contribution >= 0.6 is 15.9 Å². The van der Waals surface area contributed by atoms with Crippen molar-refractivity contribution >= 4 is 26.8 Å². The SMILES string of the molecule is NC1CCN(Cc2c[nH]c3ccc(Br)cc23)CC1. The molecule has 3 nitrogen and oxygen atoms in total. The van der Waals surface area contributed by atoms with Crippen LogP contribution in [0.15, 0.2) is 28.9 Å². The molecule has 1 fully saturated rings. The van der Waals surface area contributed by atoms with Gasteiger partial charge < -0.3 is 10.7 Å². The maximum atomic E-state index is 5.94. The van der Waals surface area contributed by atoms with E-state index >= 15 is 0 Å². The summed E-state index contributed by atoms with van der Waals surface area (Å²) in [5.74, 6) is 0. The summed E-state index contributed by atoms with van der Waals surface area (Å²) >= 11 is 3.54. The number of H-pyrrole nitrogens is 1. The van der Waals surface area contributed by atoms with Gasteiger partial charge >= 0.3 is 0 Å². The lowest BCUT2D eigenvalue weighted by Crippen LogP contribution is -2.39. The van der Waals surface area contributed by atoms with Crippen LogP contribution in [-0.2, 0) is 6.54 Å². The van der Waals surface area contributed by atoms with Crippen molar-refractivity contribution in [2.24, 2.45) is 5.73 Å². The Kier molecular flexibility index (Phi) is 3.41. The van der Waals surface area contributed by atoms with Crippen molar-refractivity contribution in [1.29, 1.82) is 0 Å². The van der Waals surface area contributed by atoms with Crippen LogP contribution in [0.3, 0.4) is 0 Å². The highest BCUT2D eigenvalue weighted by atomic mass is 79.9. The summed E-state index contributed by atoms with van der Waals surface area (Å²) in [6, 6.07) is 6.78. The third-order valence-corrected chi connectivity index (χ3v) is 4.25. The number of piperidine rings is 1. The Morgan fingerprint density at radius 1 is 1.33 bits per heavy atom. The van der Waals surface area contributed by atoms with Crippen LogP contribution < -0.4 is 5.73 Å². The summed E-state index contributed by atoms with van der Waals surface area (Å²) in [5.41, 5.74) is 8.53. The predicted octanol–water partition coefficient (Wildman–Crippen LogP) is 2.85. The topological polar surface area (TPSA) is 45.0 Å². The largest absolute Gasteiger partial charge is 0.361 e. The van der Waals surface area contributed by atoms with Gasteiger partial charge in [-0.05, 0) is 49.7 Å². The minimum atomic E-state index is 0.401. The predicted molar refractivity (Wildman–Crippen MR) is 78.5 cm³/mol. The fourth-order valence-corrected chi connectivity index (χ4v) is 2.99. The van der Waals surface area contributed by atoms with E-state index in [0.717, 1.165) is 36.9 Å². The van der Waals surface area contributed by atoms with E-state index in [0.29, 0.717) is 6.04 Å². The maximum Gasteiger partial charge on any atom is 0.0458 e. The molecule has 1 aromatic carbocycles. The van der Waals surface area contributed by atoms with E-state index < -0.39 is 0 Å². The fourth-order valence-electron chi connectivity index (χ4n) is 2.63. The summed E-state index contributed by atoms with van der Waals surface area (Å²) < 4.78 is 1.14. The van der Waals surface area contributed by atoms with E-state index in [1.165, 1.54) is 16.5 Å². The van der Waals surface area contributed by atoms with Crippen molar-refractivity contribution in [2.45, 2.75) is 25.4 Å². The van der Waals surface area contributed by atoms with Crippen LogP contribution in [0.1, 0.15) is 18.4 Å². The number of hydrogen-bond donors (Lipinski definition) is 2. The van der Waals surface area contributed by atoms with Crippen molar-refractivity contribution in [1.82, 2.24) is 9.88 Å². The molecule has 1 saturated heterocycles. The van der Waals surface area contributed by atoms with Crippen LogP contribution in [-0.4, -0.2) is 29.0 Å². The average molecular weight is 308 g/mol. The molecule has 4 heteroatoms. The molecular weight excluding hydrogens is 290 g/mol. The number of hydrogen-bond acceptors (Lipinski definition) is 2. The number of rotatable bonds is 2.